The zero-order valence-electron chi connectivity index (χ0n) is 29.4. The monoisotopic (exact) mass is 658 g/mol. The number of anilines is 5. The van der Waals surface area contributed by atoms with Crippen molar-refractivity contribution < 1.29 is 0 Å². The lowest BCUT2D eigenvalue weighted by Gasteiger charge is -2.26. The van der Waals surface area contributed by atoms with Crippen molar-refractivity contribution in [2.75, 3.05) is 9.80 Å². The molecule has 0 N–H and O–H groups in total. The molecule has 7 aromatic carbocycles. The standard InChI is InChI=1S/C49H42N2/c1-37-14-26-44(27-15-37)50(36-49(42-10-6-4-7-11-42)43-12-8-5-9-13-43)45-32-22-40(23-33-45)20-21-41-24-34-48(35-25-41)51(46-28-16-38(2)17-29-46)47-30-18-39(3)19-31-47/h4-36H,1-3H3/b21-20+. The summed E-state index contributed by atoms with van der Waals surface area (Å²) >= 11 is 0. The maximum absolute atomic E-state index is 2.31. The van der Waals surface area contributed by atoms with Gasteiger partial charge in [-0.1, -0.05) is 150 Å². The van der Waals surface area contributed by atoms with Crippen LogP contribution in [-0.2, 0) is 0 Å². The average Bonchev–Trinajstić information content (AvgIpc) is 3.18. The second-order valence-electron chi connectivity index (χ2n) is 13.0. The average molecular weight is 659 g/mol. The van der Waals surface area contributed by atoms with Gasteiger partial charge in [0.2, 0.25) is 0 Å². The molecule has 0 aliphatic rings. The molecule has 0 spiro atoms. The summed E-state index contributed by atoms with van der Waals surface area (Å²) in [7, 11) is 0. The minimum Gasteiger partial charge on any atom is -0.317 e. The van der Waals surface area contributed by atoms with E-state index < -0.39 is 0 Å². The Labute approximate surface area is 302 Å². The van der Waals surface area contributed by atoms with Crippen LogP contribution in [0.4, 0.5) is 28.4 Å². The lowest BCUT2D eigenvalue weighted by Crippen LogP contribution is -2.10. The summed E-state index contributed by atoms with van der Waals surface area (Å²) in [6.07, 6.45) is 6.63. The molecule has 0 saturated heterocycles. The van der Waals surface area contributed by atoms with E-state index in [2.05, 4.69) is 231 Å². The van der Waals surface area contributed by atoms with E-state index >= 15 is 0 Å². The van der Waals surface area contributed by atoms with Gasteiger partial charge in [-0.15, -0.1) is 0 Å². The normalized spacial score (nSPS) is 11.0. The van der Waals surface area contributed by atoms with Crippen LogP contribution in [0.3, 0.4) is 0 Å². The van der Waals surface area contributed by atoms with Crippen LogP contribution < -0.4 is 9.80 Å². The molecule has 2 nitrogen and oxygen atoms in total. The van der Waals surface area contributed by atoms with Crippen LogP contribution in [0.2, 0.25) is 0 Å². The Morgan fingerprint density at radius 2 is 0.667 bits per heavy atom. The number of aryl methyl sites for hydroxylation is 3. The van der Waals surface area contributed by atoms with E-state index in [4.69, 9.17) is 0 Å². The SMILES string of the molecule is Cc1ccc(N(C=C(c2ccccc2)c2ccccc2)c2ccc(/C=C/c3ccc(N(c4ccc(C)cc4)c4ccc(C)cc4)cc3)cc2)cc1. The van der Waals surface area contributed by atoms with Crippen molar-refractivity contribution >= 4 is 46.2 Å². The Kier molecular flexibility index (Phi) is 10.0. The molecule has 0 unspecified atom stereocenters. The van der Waals surface area contributed by atoms with Gasteiger partial charge in [0.1, 0.15) is 0 Å². The molecule has 0 aliphatic carbocycles. The molecule has 0 aliphatic heterocycles. The minimum absolute atomic E-state index is 1.09. The number of hydrogen-bond donors (Lipinski definition) is 0. The molecule has 0 bridgehead atoms. The molecule has 0 aromatic heterocycles. The van der Waals surface area contributed by atoms with Gasteiger partial charge in [-0.25, -0.2) is 0 Å². The van der Waals surface area contributed by atoms with Crippen molar-refractivity contribution in [1.29, 1.82) is 0 Å². The first-order chi connectivity index (χ1) is 25.0. The molecule has 0 fully saturated rings. The highest BCUT2D eigenvalue weighted by Gasteiger charge is 2.14. The molecule has 0 saturated carbocycles. The van der Waals surface area contributed by atoms with Gasteiger partial charge in [0, 0.05) is 40.2 Å². The second kappa shape index (κ2) is 15.4. The van der Waals surface area contributed by atoms with Gasteiger partial charge in [0.25, 0.3) is 0 Å². The van der Waals surface area contributed by atoms with Crippen LogP contribution >= 0.6 is 0 Å². The first-order valence-corrected chi connectivity index (χ1v) is 17.5. The third kappa shape index (κ3) is 8.09. The Morgan fingerprint density at radius 3 is 1.04 bits per heavy atom. The third-order valence-electron chi connectivity index (χ3n) is 9.12. The predicted octanol–water partition coefficient (Wildman–Crippen LogP) is 13.5. The summed E-state index contributed by atoms with van der Waals surface area (Å²) in [6.45, 7) is 6.38. The van der Waals surface area contributed by atoms with Crippen LogP contribution in [0.15, 0.2) is 188 Å². The molecule has 0 amide bonds. The van der Waals surface area contributed by atoms with Crippen LogP contribution in [0.1, 0.15) is 38.9 Å². The van der Waals surface area contributed by atoms with Gasteiger partial charge in [-0.05, 0) is 104 Å². The summed E-state index contributed by atoms with van der Waals surface area (Å²) in [5.41, 5.74) is 15.1. The molecular weight excluding hydrogens is 617 g/mol. The zero-order valence-corrected chi connectivity index (χ0v) is 29.4. The number of benzene rings is 7. The molecule has 0 radical (unpaired) electrons. The fraction of sp³-hybridized carbons (Fsp3) is 0.0612. The lowest BCUT2D eigenvalue weighted by atomic mass is 9.98. The van der Waals surface area contributed by atoms with Crippen LogP contribution in [-0.4, -0.2) is 0 Å². The summed E-state index contributed by atoms with van der Waals surface area (Å²) in [6, 6.07) is 64.9. The largest absolute Gasteiger partial charge is 0.317 e. The molecular formula is C49H42N2. The minimum atomic E-state index is 1.09. The van der Waals surface area contributed by atoms with Crippen molar-refractivity contribution in [1.82, 2.24) is 0 Å². The molecule has 2 heteroatoms. The highest BCUT2D eigenvalue weighted by molar-refractivity contribution is 5.84. The van der Waals surface area contributed by atoms with Crippen molar-refractivity contribution in [3.05, 3.63) is 227 Å². The van der Waals surface area contributed by atoms with Gasteiger partial charge in [0.15, 0.2) is 0 Å². The fourth-order valence-corrected chi connectivity index (χ4v) is 6.19. The zero-order chi connectivity index (χ0) is 35.0. The molecule has 248 valence electrons. The summed E-state index contributed by atoms with van der Waals surface area (Å²) in [5.74, 6) is 0. The van der Waals surface area contributed by atoms with E-state index in [1.54, 1.807) is 0 Å². The van der Waals surface area contributed by atoms with Crippen LogP contribution in [0.5, 0.6) is 0 Å². The number of nitrogens with zero attached hydrogens (tertiary/aromatic N) is 2. The molecule has 51 heavy (non-hydrogen) atoms. The molecule has 7 aromatic rings. The summed E-state index contributed by atoms with van der Waals surface area (Å²) in [5, 5.41) is 0. The Morgan fingerprint density at radius 1 is 0.353 bits per heavy atom. The van der Waals surface area contributed by atoms with Gasteiger partial charge < -0.3 is 9.80 Å². The highest BCUT2D eigenvalue weighted by Crippen LogP contribution is 2.35. The van der Waals surface area contributed by atoms with Crippen molar-refractivity contribution in [2.45, 2.75) is 20.8 Å². The predicted molar refractivity (Wildman–Crippen MR) is 219 cm³/mol. The van der Waals surface area contributed by atoms with E-state index in [1.807, 2.05) is 0 Å². The van der Waals surface area contributed by atoms with Crippen LogP contribution in [0, 0.1) is 20.8 Å². The van der Waals surface area contributed by atoms with Gasteiger partial charge in [-0.2, -0.15) is 0 Å². The Balaban J connectivity index is 1.16. The molecule has 0 heterocycles. The van der Waals surface area contributed by atoms with Gasteiger partial charge in [-0.3, -0.25) is 0 Å². The fourth-order valence-electron chi connectivity index (χ4n) is 6.19. The Hall–Kier alpha value is -6.38. The Bertz CT molecular complexity index is 2130. The van der Waals surface area contributed by atoms with Crippen LogP contribution in [0.25, 0.3) is 17.7 Å². The molecule has 0 atom stereocenters. The third-order valence-corrected chi connectivity index (χ3v) is 9.12. The van der Waals surface area contributed by atoms with E-state index in [9.17, 15) is 0 Å². The quantitative estimate of drug-likeness (QED) is 0.135. The maximum atomic E-state index is 2.31. The van der Waals surface area contributed by atoms with Crippen molar-refractivity contribution in [3.63, 3.8) is 0 Å². The first-order valence-electron chi connectivity index (χ1n) is 17.5. The van der Waals surface area contributed by atoms with Gasteiger partial charge in [0.05, 0.1) is 0 Å². The lowest BCUT2D eigenvalue weighted by molar-refractivity contribution is 1.27. The maximum Gasteiger partial charge on any atom is 0.0462 e. The molecule has 7 rings (SSSR count). The second-order valence-corrected chi connectivity index (χ2v) is 13.0. The number of hydrogen-bond acceptors (Lipinski definition) is 2. The van der Waals surface area contributed by atoms with E-state index in [-0.39, 0.29) is 0 Å². The van der Waals surface area contributed by atoms with Crippen molar-refractivity contribution in [2.24, 2.45) is 0 Å². The first kappa shape index (κ1) is 33.1. The van der Waals surface area contributed by atoms with Crippen molar-refractivity contribution in [3.8, 4) is 0 Å². The van der Waals surface area contributed by atoms with E-state index in [1.165, 1.54) is 27.8 Å². The van der Waals surface area contributed by atoms with E-state index in [0.29, 0.717) is 0 Å². The summed E-state index contributed by atoms with van der Waals surface area (Å²) < 4.78 is 0. The topological polar surface area (TPSA) is 6.48 Å². The number of rotatable bonds is 10. The van der Waals surface area contributed by atoms with E-state index in [0.717, 1.165) is 45.1 Å². The van der Waals surface area contributed by atoms with Gasteiger partial charge >= 0.3 is 0 Å². The summed E-state index contributed by atoms with van der Waals surface area (Å²) in [4.78, 5) is 4.59. The smallest absolute Gasteiger partial charge is 0.0462 e. The highest BCUT2D eigenvalue weighted by atomic mass is 15.1.